The summed E-state index contributed by atoms with van der Waals surface area (Å²) in [4.78, 5) is 28.2. The molecule has 1 atom stereocenters. The molecule has 2 aromatic rings. The SMILES string of the molecule is CC(=O)N1CCN(C(=O)Cc2ccsc2)[C@@H](c2ccccc2)C1. The van der Waals surface area contributed by atoms with Gasteiger partial charge < -0.3 is 9.80 Å². The van der Waals surface area contributed by atoms with E-state index in [1.807, 2.05) is 57.0 Å². The number of piperazine rings is 1. The van der Waals surface area contributed by atoms with Crippen LogP contribution in [0.3, 0.4) is 0 Å². The molecule has 23 heavy (non-hydrogen) atoms. The molecular formula is C18H20N2O2S. The Labute approximate surface area is 140 Å². The van der Waals surface area contributed by atoms with Gasteiger partial charge in [0.25, 0.3) is 0 Å². The van der Waals surface area contributed by atoms with Crippen LogP contribution in [0.4, 0.5) is 0 Å². The second kappa shape index (κ2) is 6.96. The van der Waals surface area contributed by atoms with E-state index < -0.39 is 0 Å². The monoisotopic (exact) mass is 328 g/mol. The van der Waals surface area contributed by atoms with E-state index in [0.29, 0.717) is 26.1 Å². The zero-order valence-electron chi connectivity index (χ0n) is 13.1. The van der Waals surface area contributed by atoms with Gasteiger partial charge in [-0.3, -0.25) is 9.59 Å². The number of amides is 2. The summed E-state index contributed by atoms with van der Waals surface area (Å²) in [7, 11) is 0. The molecule has 1 fully saturated rings. The molecule has 0 saturated carbocycles. The minimum Gasteiger partial charge on any atom is -0.339 e. The third kappa shape index (κ3) is 3.62. The van der Waals surface area contributed by atoms with Crippen LogP contribution in [-0.4, -0.2) is 41.2 Å². The third-order valence-corrected chi connectivity index (χ3v) is 5.00. The van der Waals surface area contributed by atoms with Crippen LogP contribution < -0.4 is 0 Å². The van der Waals surface area contributed by atoms with E-state index in [0.717, 1.165) is 11.1 Å². The topological polar surface area (TPSA) is 40.6 Å². The number of nitrogens with zero attached hydrogens (tertiary/aromatic N) is 2. The van der Waals surface area contributed by atoms with Gasteiger partial charge in [-0.15, -0.1) is 0 Å². The highest BCUT2D eigenvalue weighted by molar-refractivity contribution is 7.08. The van der Waals surface area contributed by atoms with E-state index in [-0.39, 0.29) is 17.9 Å². The lowest BCUT2D eigenvalue weighted by atomic mass is 10.0. The first-order valence-electron chi connectivity index (χ1n) is 7.76. The predicted molar refractivity (Wildman–Crippen MR) is 91.2 cm³/mol. The summed E-state index contributed by atoms with van der Waals surface area (Å²) in [6.07, 6.45) is 0.424. The lowest BCUT2D eigenvalue weighted by Crippen LogP contribution is -2.52. The molecule has 120 valence electrons. The summed E-state index contributed by atoms with van der Waals surface area (Å²) < 4.78 is 0. The fourth-order valence-corrected chi connectivity index (χ4v) is 3.67. The average molecular weight is 328 g/mol. The van der Waals surface area contributed by atoms with Crippen molar-refractivity contribution < 1.29 is 9.59 Å². The normalized spacial score (nSPS) is 18.0. The Morgan fingerprint density at radius 3 is 2.61 bits per heavy atom. The Kier molecular flexibility index (Phi) is 4.76. The van der Waals surface area contributed by atoms with Crippen molar-refractivity contribution in [3.05, 3.63) is 58.3 Å². The van der Waals surface area contributed by atoms with Crippen LogP contribution >= 0.6 is 11.3 Å². The van der Waals surface area contributed by atoms with Crippen molar-refractivity contribution in [2.75, 3.05) is 19.6 Å². The number of rotatable bonds is 3. The Balaban J connectivity index is 1.81. The van der Waals surface area contributed by atoms with E-state index >= 15 is 0 Å². The molecule has 2 amide bonds. The molecular weight excluding hydrogens is 308 g/mol. The van der Waals surface area contributed by atoms with Gasteiger partial charge in [0.1, 0.15) is 0 Å². The molecule has 4 nitrogen and oxygen atoms in total. The number of carbonyl (C=O) groups is 2. The van der Waals surface area contributed by atoms with Crippen molar-refractivity contribution in [3.8, 4) is 0 Å². The first kappa shape index (κ1) is 15.7. The van der Waals surface area contributed by atoms with Crippen LogP contribution in [0, 0.1) is 0 Å². The summed E-state index contributed by atoms with van der Waals surface area (Å²) >= 11 is 1.61. The highest BCUT2D eigenvalue weighted by Gasteiger charge is 2.32. The van der Waals surface area contributed by atoms with Crippen LogP contribution in [-0.2, 0) is 16.0 Å². The maximum absolute atomic E-state index is 12.8. The molecule has 5 heteroatoms. The summed E-state index contributed by atoms with van der Waals surface area (Å²) in [6.45, 7) is 3.34. The van der Waals surface area contributed by atoms with Crippen LogP contribution in [0.2, 0.25) is 0 Å². The lowest BCUT2D eigenvalue weighted by Gasteiger charge is -2.41. The maximum Gasteiger partial charge on any atom is 0.227 e. The molecule has 2 heterocycles. The Morgan fingerprint density at radius 2 is 1.96 bits per heavy atom. The van der Waals surface area contributed by atoms with E-state index in [1.54, 1.807) is 18.3 Å². The van der Waals surface area contributed by atoms with E-state index in [1.165, 1.54) is 0 Å². The zero-order chi connectivity index (χ0) is 16.2. The summed E-state index contributed by atoms with van der Waals surface area (Å²) in [5.74, 6) is 0.191. The van der Waals surface area contributed by atoms with Gasteiger partial charge in [0.15, 0.2) is 0 Å². The molecule has 1 aliphatic heterocycles. The van der Waals surface area contributed by atoms with Gasteiger partial charge in [-0.2, -0.15) is 11.3 Å². The smallest absolute Gasteiger partial charge is 0.227 e. The number of benzene rings is 1. The second-order valence-corrected chi connectivity index (χ2v) is 6.57. The van der Waals surface area contributed by atoms with Gasteiger partial charge in [0, 0.05) is 26.6 Å². The fourth-order valence-electron chi connectivity index (χ4n) is 3.00. The van der Waals surface area contributed by atoms with Crippen molar-refractivity contribution in [3.63, 3.8) is 0 Å². The highest BCUT2D eigenvalue weighted by Crippen LogP contribution is 2.26. The average Bonchev–Trinajstić information content (AvgIpc) is 3.08. The highest BCUT2D eigenvalue weighted by atomic mass is 32.1. The Bertz CT molecular complexity index is 670. The molecule has 0 spiro atoms. The predicted octanol–water partition coefficient (Wildman–Crippen LogP) is 2.72. The minimum absolute atomic E-state index is 0.0656. The van der Waals surface area contributed by atoms with Gasteiger partial charge in [-0.05, 0) is 28.0 Å². The van der Waals surface area contributed by atoms with Gasteiger partial charge in [-0.25, -0.2) is 0 Å². The van der Waals surface area contributed by atoms with E-state index in [2.05, 4.69) is 0 Å². The molecule has 0 N–H and O–H groups in total. The lowest BCUT2D eigenvalue weighted by molar-refractivity contribution is -0.141. The van der Waals surface area contributed by atoms with Crippen LogP contribution in [0.1, 0.15) is 24.1 Å². The van der Waals surface area contributed by atoms with Crippen molar-refractivity contribution in [1.82, 2.24) is 9.80 Å². The Hall–Kier alpha value is -2.14. The molecule has 3 rings (SSSR count). The maximum atomic E-state index is 12.8. The number of thiophene rings is 1. The Morgan fingerprint density at radius 1 is 1.17 bits per heavy atom. The van der Waals surface area contributed by atoms with Crippen LogP contribution in [0.15, 0.2) is 47.2 Å². The first-order chi connectivity index (χ1) is 11.1. The molecule has 0 radical (unpaired) electrons. The first-order valence-corrected chi connectivity index (χ1v) is 8.70. The minimum atomic E-state index is -0.0695. The molecule has 1 aliphatic rings. The third-order valence-electron chi connectivity index (χ3n) is 4.27. The zero-order valence-corrected chi connectivity index (χ0v) is 14.0. The van der Waals surface area contributed by atoms with Crippen LogP contribution in [0.5, 0.6) is 0 Å². The molecule has 1 aromatic carbocycles. The summed E-state index contributed by atoms with van der Waals surface area (Å²) in [5.41, 5.74) is 2.14. The molecule has 1 aromatic heterocycles. The quantitative estimate of drug-likeness (QED) is 0.869. The van der Waals surface area contributed by atoms with E-state index in [4.69, 9.17) is 0 Å². The second-order valence-electron chi connectivity index (χ2n) is 5.79. The van der Waals surface area contributed by atoms with Gasteiger partial charge in [-0.1, -0.05) is 30.3 Å². The number of carbonyl (C=O) groups excluding carboxylic acids is 2. The van der Waals surface area contributed by atoms with Gasteiger partial charge in [0.05, 0.1) is 12.5 Å². The standard InChI is InChI=1S/C18H20N2O2S/c1-14(21)19-8-9-20(18(22)11-15-7-10-23-13-15)17(12-19)16-5-3-2-4-6-16/h2-7,10,13,17H,8-9,11-12H2,1H3/t17-/m1/s1. The molecule has 0 bridgehead atoms. The summed E-state index contributed by atoms with van der Waals surface area (Å²) in [5, 5.41) is 4.01. The van der Waals surface area contributed by atoms with E-state index in [9.17, 15) is 9.59 Å². The number of hydrogen-bond donors (Lipinski definition) is 0. The van der Waals surface area contributed by atoms with Crippen molar-refractivity contribution in [2.45, 2.75) is 19.4 Å². The largest absolute Gasteiger partial charge is 0.339 e. The number of hydrogen-bond acceptors (Lipinski definition) is 3. The van der Waals surface area contributed by atoms with Gasteiger partial charge >= 0.3 is 0 Å². The molecule has 0 aliphatic carbocycles. The molecule has 1 saturated heterocycles. The van der Waals surface area contributed by atoms with Gasteiger partial charge in [0.2, 0.25) is 11.8 Å². The van der Waals surface area contributed by atoms with Crippen LogP contribution in [0.25, 0.3) is 0 Å². The van der Waals surface area contributed by atoms with Crippen molar-refractivity contribution >= 4 is 23.2 Å². The van der Waals surface area contributed by atoms with Crippen molar-refractivity contribution in [1.29, 1.82) is 0 Å². The van der Waals surface area contributed by atoms with Crippen molar-refractivity contribution in [2.24, 2.45) is 0 Å². The fraction of sp³-hybridized carbons (Fsp3) is 0.333. The molecule has 0 unspecified atom stereocenters. The summed E-state index contributed by atoms with van der Waals surface area (Å²) in [6, 6.07) is 11.9.